The fourth-order valence-corrected chi connectivity index (χ4v) is 1.91. The average molecular weight is 399 g/mol. The molecule has 0 aromatic heterocycles. The van der Waals surface area contributed by atoms with E-state index in [1.807, 2.05) is 0 Å². The predicted octanol–water partition coefficient (Wildman–Crippen LogP) is -4.26. The molecule has 0 bridgehead atoms. The van der Waals surface area contributed by atoms with E-state index in [-0.39, 0.29) is 19.6 Å². The van der Waals surface area contributed by atoms with Crippen molar-refractivity contribution in [2.45, 2.75) is 57.1 Å². The third kappa shape index (κ3) is 8.02. The molecular weight excluding hydrogens is 370 g/mol. The Balaban J connectivity index is 0.000000511. The number of rotatable bonds is 7. The molecule has 0 saturated carbocycles. The first-order valence-corrected chi connectivity index (χ1v) is 8.16. The summed E-state index contributed by atoms with van der Waals surface area (Å²) in [4.78, 5) is 21.4. The van der Waals surface area contributed by atoms with Crippen LogP contribution in [-0.2, 0) is 14.3 Å². The highest BCUT2D eigenvalue weighted by molar-refractivity contribution is 5.81. The van der Waals surface area contributed by atoms with Crippen LogP contribution in [0.25, 0.3) is 0 Å². The molecule has 160 valence electrons. The molecule has 1 aliphatic heterocycles. The SMILES string of the molecule is CC(C)(CO)[C@@H](O)C(=O)NCCC(=O)O.OC[C@H]1OC(O)[C@H](O)[C@@H](O)[C@@H]1O. The normalized spacial score (nSPS) is 29.3. The molecule has 0 spiro atoms. The smallest absolute Gasteiger partial charge is 0.305 e. The van der Waals surface area contributed by atoms with Gasteiger partial charge in [-0.05, 0) is 0 Å². The Hall–Kier alpha value is -1.38. The van der Waals surface area contributed by atoms with Gasteiger partial charge in [0.15, 0.2) is 6.29 Å². The van der Waals surface area contributed by atoms with Crippen LogP contribution in [0.2, 0.25) is 0 Å². The topological polar surface area (TPSA) is 217 Å². The van der Waals surface area contributed by atoms with Crippen LogP contribution in [0, 0.1) is 5.41 Å². The number of aliphatic hydroxyl groups is 7. The Morgan fingerprint density at radius 2 is 1.63 bits per heavy atom. The molecule has 1 saturated heterocycles. The largest absolute Gasteiger partial charge is 0.481 e. The van der Waals surface area contributed by atoms with E-state index in [9.17, 15) is 14.7 Å². The summed E-state index contributed by atoms with van der Waals surface area (Å²) in [6, 6.07) is 0. The zero-order chi connectivity index (χ0) is 21.4. The van der Waals surface area contributed by atoms with Crippen molar-refractivity contribution in [2.24, 2.45) is 5.41 Å². The quantitative estimate of drug-likeness (QED) is 0.199. The Morgan fingerprint density at radius 1 is 1.07 bits per heavy atom. The van der Waals surface area contributed by atoms with Gasteiger partial charge in [0.1, 0.15) is 30.5 Å². The summed E-state index contributed by atoms with van der Waals surface area (Å²) in [5.74, 6) is -1.69. The van der Waals surface area contributed by atoms with Crippen LogP contribution in [0.15, 0.2) is 0 Å². The second kappa shape index (κ2) is 11.5. The summed E-state index contributed by atoms with van der Waals surface area (Å²) in [7, 11) is 0. The van der Waals surface area contributed by atoms with Crippen LogP contribution in [0.5, 0.6) is 0 Å². The van der Waals surface area contributed by atoms with Crippen LogP contribution in [0.1, 0.15) is 20.3 Å². The highest BCUT2D eigenvalue weighted by atomic mass is 16.6. The first-order chi connectivity index (χ1) is 12.4. The third-order valence-electron chi connectivity index (χ3n) is 3.90. The number of nitrogens with one attached hydrogen (secondary N) is 1. The van der Waals surface area contributed by atoms with Gasteiger partial charge in [0.05, 0.1) is 19.6 Å². The predicted molar refractivity (Wildman–Crippen MR) is 88.1 cm³/mol. The minimum atomic E-state index is -1.57. The van der Waals surface area contributed by atoms with Gasteiger partial charge in [-0.3, -0.25) is 9.59 Å². The molecule has 27 heavy (non-hydrogen) atoms. The summed E-state index contributed by atoms with van der Waals surface area (Å²) in [5.41, 5.74) is -0.937. The van der Waals surface area contributed by atoms with Crippen LogP contribution in [-0.4, -0.2) is 109 Å². The molecule has 1 aliphatic rings. The molecule has 12 nitrogen and oxygen atoms in total. The first kappa shape index (κ1) is 25.6. The van der Waals surface area contributed by atoms with Gasteiger partial charge >= 0.3 is 5.97 Å². The van der Waals surface area contributed by atoms with Gasteiger partial charge in [0, 0.05) is 12.0 Å². The van der Waals surface area contributed by atoms with Crippen LogP contribution in [0.4, 0.5) is 0 Å². The van der Waals surface area contributed by atoms with Crippen molar-refractivity contribution in [3.05, 3.63) is 0 Å². The first-order valence-electron chi connectivity index (χ1n) is 8.16. The monoisotopic (exact) mass is 399 g/mol. The van der Waals surface area contributed by atoms with Crippen LogP contribution in [0.3, 0.4) is 0 Å². The van der Waals surface area contributed by atoms with Gasteiger partial charge in [-0.15, -0.1) is 0 Å². The fraction of sp³-hybridized carbons (Fsp3) is 0.867. The lowest BCUT2D eigenvalue weighted by molar-refractivity contribution is -0.286. The van der Waals surface area contributed by atoms with Crippen molar-refractivity contribution in [3.8, 4) is 0 Å². The Bertz CT molecular complexity index is 468. The van der Waals surface area contributed by atoms with Crippen molar-refractivity contribution < 1.29 is 55.2 Å². The van der Waals surface area contributed by atoms with Crippen molar-refractivity contribution >= 4 is 11.9 Å². The second-order valence-corrected chi connectivity index (χ2v) is 6.70. The highest BCUT2D eigenvalue weighted by Crippen LogP contribution is 2.20. The van der Waals surface area contributed by atoms with Crippen LogP contribution >= 0.6 is 0 Å². The molecule has 1 unspecified atom stereocenters. The summed E-state index contributed by atoms with van der Waals surface area (Å²) in [6.45, 7) is 2.18. The Kier molecular flexibility index (Phi) is 10.9. The zero-order valence-electron chi connectivity index (χ0n) is 15.1. The van der Waals surface area contributed by atoms with Crippen molar-refractivity contribution in [3.63, 3.8) is 0 Å². The van der Waals surface area contributed by atoms with E-state index < -0.39 is 60.7 Å². The van der Waals surface area contributed by atoms with Crippen molar-refractivity contribution in [2.75, 3.05) is 19.8 Å². The number of aliphatic hydroxyl groups excluding tert-OH is 7. The summed E-state index contributed by atoms with van der Waals surface area (Å²) >= 11 is 0. The van der Waals surface area contributed by atoms with Gasteiger partial charge in [-0.2, -0.15) is 0 Å². The van der Waals surface area contributed by atoms with E-state index in [0.717, 1.165) is 0 Å². The van der Waals surface area contributed by atoms with E-state index in [4.69, 9.17) is 35.7 Å². The van der Waals surface area contributed by atoms with Crippen LogP contribution < -0.4 is 5.32 Å². The minimum absolute atomic E-state index is 0.0350. The molecule has 0 radical (unpaired) electrons. The molecule has 0 aromatic rings. The standard InChI is InChI=1S/C9H17NO5.C6H12O6/c1-9(2,5-11)7(14)8(15)10-4-3-6(12)13;7-1-2-3(8)4(9)5(10)6(11)12-2/h7,11,14H,3-5H2,1-2H3,(H,10,15)(H,12,13);2-11H,1H2/t7-;2-,3-,4+,5-,6?/m01/s1. The van der Waals surface area contributed by atoms with Gasteiger partial charge in [0.25, 0.3) is 0 Å². The van der Waals surface area contributed by atoms with Gasteiger partial charge in [-0.1, -0.05) is 13.8 Å². The van der Waals surface area contributed by atoms with E-state index >= 15 is 0 Å². The number of hydrogen-bond donors (Lipinski definition) is 9. The molecule has 1 heterocycles. The lowest BCUT2D eigenvalue weighted by Gasteiger charge is -2.37. The lowest BCUT2D eigenvalue weighted by atomic mass is 9.87. The van der Waals surface area contributed by atoms with E-state index in [0.29, 0.717) is 0 Å². The maximum absolute atomic E-state index is 11.3. The maximum Gasteiger partial charge on any atom is 0.305 e. The second-order valence-electron chi connectivity index (χ2n) is 6.70. The van der Waals surface area contributed by atoms with Crippen molar-refractivity contribution in [1.29, 1.82) is 0 Å². The lowest BCUT2D eigenvalue weighted by Crippen LogP contribution is -2.58. The van der Waals surface area contributed by atoms with Crippen molar-refractivity contribution in [1.82, 2.24) is 5.32 Å². The number of hydrogen-bond acceptors (Lipinski definition) is 10. The summed E-state index contributed by atoms with van der Waals surface area (Å²) in [5, 5.41) is 73.6. The highest BCUT2D eigenvalue weighted by Gasteiger charge is 2.42. The molecule has 1 rings (SSSR count). The molecule has 12 heteroatoms. The summed E-state index contributed by atoms with van der Waals surface area (Å²) in [6.07, 6.45) is -8.59. The third-order valence-corrected chi connectivity index (χ3v) is 3.90. The van der Waals surface area contributed by atoms with E-state index in [1.165, 1.54) is 13.8 Å². The maximum atomic E-state index is 11.3. The van der Waals surface area contributed by atoms with E-state index in [2.05, 4.69) is 10.1 Å². The summed E-state index contributed by atoms with van der Waals surface area (Å²) < 4.78 is 4.58. The molecule has 1 amide bonds. The molecule has 9 N–H and O–H groups in total. The molecule has 0 aromatic carbocycles. The molecular formula is C15H29NO11. The van der Waals surface area contributed by atoms with E-state index in [1.54, 1.807) is 0 Å². The molecule has 1 fully saturated rings. The Labute approximate surface area is 155 Å². The minimum Gasteiger partial charge on any atom is -0.481 e. The number of carboxylic acid groups (broad SMARTS) is 1. The number of carbonyl (C=O) groups is 2. The molecule has 6 atom stereocenters. The van der Waals surface area contributed by atoms with Gasteiger partial charge in [0.2, 0.25) is 5.91 Å². The number of aliphatic carboxylic acids is 1. The number of carbonyl (C=O) groups excluding carboxylic acids is 1. The average Bonchev–Trinajstić information content (AvgIpc) is 2.62. The van der Waals surface area contributed by atoms with Gasteiger partial charge in [-0.25, -0.2) is 0 Å². The molecule has 0 aliphatic carbocycles. The number of carboxylic acids is 1. The Morgan fingerprint density at radius 3 is 2.07 bits per heavy atom. The zero-order valence-corrected chi connectivity index (χ0v) is 15.1. The number of ether oxygens (including phenoxy) is 1. The number of amides is 1. The van der Waals surface area contributed by atoms with Gasteiger partial charge < -0.3 is 50.9 Å². The fourth-order valence-electron chi connectivity index (χ4n) is 1.91.